The molecule has 0 aliphatic heterocycles. The van der Waals surface area contributed by atoms with Gasteiger partial charge in [-0.15, -0.1) is 0 Å². The number of nitrogens with zero attached hydrogens (tertiary/aromatic N) is 2. The zero-order valence-electron chi connectivity index (χ0n) is 14.2. The van der Waals surface area contributed by atoms with Crippen LogP contribution < -0.4 is 5.32 Å². The Labute approximate surface area is 149 Å². The minimum Gasteiger partial charge on any atom is -0.384 e. The Bertz CT molecular complexity index is 667. The summed E-state index contributed by atoms with van der Waals surface area (Å²) in [7, 11) is -1.08. The molecule has 128 valence electrons. The number of fused-ring (bicyclic) bond motifs is 1. The molecule has 23 heavy (non-hydrogen) atoms. The van der Waals surface area contributed by atoms with Gasteiger partial charge in [-0.3, -0.25) is 0 Å². The lowest BCUT2D eigenvalue weighted by Gasteiger charge is -2.15. The maximum Gasteiger partial charge on any atom is 0.147 e. The summed E-state index contributed by atoms with van der Waals surface area (Å²) in [6.45, 7) is 11.2. The largest absolute Gasteiger partial charge is 0.384 e. The smallest absolute Gasteiger partial charge is 0.147 e. The van der Waals surface area contributed by atoms with Crippen molar-refractivity contribution >= 4 is 48.0 Å². The molecule has 0 bridgehead atoms. The average molecular weight is 374 g/mol. The van der Waals surface area contributed by atoms with Crippen LogP contribution in [0.2, 0.25) is 35.9 Å². The second-order valence-corrected chi connectivity index (χ2v) is 13.3. The first-order chi connectivity index (χ1) is 10.8. The first kappa shape index (κ1) is 18.6. The molecule has 2 aromatic rings. The second kappa shape index (κ2) is 7.88. The molecule has 2 aromatic heterocycles. The lowest BCUT2D eigenvalue weighted by molar-refractivity contribution is 0.0899. The van der Waals surface area contributed by atoms with Crippen molar-refractivity contribution in [2.75, 3.05) is 18.5 Å². The van der Waals surface area contributed by atoms with Gasteiger partial charge >= 0.3 is 0 Å². The van der Waals surface area contributed by atoms with Crippen molar-refractivity contribution in [1.82, 2.24) is 9.55 Å². The minimum absolute atomic E-state index is 0.439. The minimum atomic E-state index is -1.08. The van der Waals surface area contributed by atoms with Gasteiger partial charge in [-0.05, 0) is 18.5 Å². The Morgan fingerprint density at radius 2 is 2.04 bits per heavy atom. The number of nitrogens with one attached hydrogen (secondary N) is 1. The van der Waals surface area contributed by atoms with Crippen LogP contribution in [-0.2, 0) is 11.5 Å². The highest BCUT2D eigenvalue weighted by atomic mass is 35.5. The molecule has 0 saturated carbocycles. The summed E-state index contributed by atoms with van der Waals surface area (Å²) in [5.74, 6) is 0. The summed E-state index contributed by atoms with van der Waals surface area (Å²) >= 11 is 12.6. The molecule has 0 aliphatic carbocycles. The van der Waals surface area contributed by atoms with Gasteiger partial charge in [-0.25, -0.2) is 4.98 Å². The molecule has 0 radical (unpaired) electrons. The van der Waals surface area contributed by atoms with Gasteiger partial charge in [0, 0.05) is 33.1 Å². The number of hydrogen-bond acceptors (Lipinski definition) is 3. The van der Waals surface area contributed by atoms with E-state index in [1.54, 1.807) is 0 Å². The summed E-state index contributed by atoms with van der Waals surface area (Å²) in [4.78, 5) is 4.43. The third kappa shape index (κ3) is 5.11. The van der Waals surface area contributed by atoms with Gasteiger partial charge < -0.3 is 14.6 Å². The first-order valence-corrected chi connectivity index (χ1v) is 12.4. The molecule has 2 heterocycles. The van der Waals surface area contributed by atoms with Crippen LogP contribution in [0.1, 0.15) is 13.3 Å². The van der Waals surface area contributed by atoms with Crippen LogP contribution >= 0.6 is 23.2 Å². The predicted octanol–water partition coefficient (Wildman–Crippen LogP) is 5.48. The summed E-state index contributed by atoms with van der Waals surface area (Å²) in [6.07, 6.45) is 2.89. The Balaban J connectivity index is 2.19. The van der Waals surface area contributed by atoms with E-state index in [9.17, 15) is 0 Å². The highest BCUT2D eigenvalue weighted by Gasteiger charge is 2.15. The zero-order chi connectivity index (χ0) is 17.0. The summed E-state index contributed by atoms with van der Waals surface area (Å²) in [5, 5.41) is 5.38. The van der Waals surface area contributed by atoms with Crippen molar-refractivity contribution in [2.45, 2.75) is 45.8 Å². The van der Waals surface area contributed by atoms with Gasteiger partial charge in [-0.1, -0.05) is 49.8 Å². The number of rotatable bonds is 8. The maximum absolute atomic E-state index is 6.41. The third-order valence-corrected chi connectivity index (χ3v) is 5.73. The van der Waals surface area contributed by atoms with E-state index in [1.165, 1.54) is 0 Å². The van der Waals surface area contributed by atoms with Gasteiger partial charge in [0.1, 0.15) is 17.5 Å². The van der Waals surface area contributed by atoms with Crippen molar-refractivity contribution in [3.05, 3.63) is 22.4 Å². The zero-order valence-corrected chi connectivity index (χ0v) is 16.8. The van der Waals surface area contributed by atoms with Crippen LogP contribution in [0.15, 0.2) is 12.3 Å². The summed E-state index contributed by atoms with van der Waals surface area (Å²) in [6, 6.07) is 2.96. The van der Waals surface area contributed by atoms with Crippen LogP contribution in [0.5, 0.6) is 0 Å². The van der Waals surface area contributed by atoms with Gasteiger partial charge in [0.05, 0.1) is 10.4 Å². The number of anilines is 1. The lowest BCUT2D eigenvalue weighted by Crippen LogP contribution is -2.22. The Hall–Kier alpha value is -0.753. The fraction of sp³-hybridized carbons (Fsp3) is 0.562. The first-order valence-electron chi connectivity index (χ1n) is 7.98. The Morgan fingerprint density at radius 3 is 2.70 bits per heavy atom. The second-order valence-electron chi connectivity index (χ2n) is 6.91. The van der Waals surface area contributed by atoms with Crippen molar-refractivity contribution < 1.29 is 4.74 Å². The van der Waals surface area contributed by atoms with Gasteiger partial charge in [-0.2, -0.15) is 0 Å². The maximum atomic E-state index is 6.41. The molecule has 0 aromatic carbocycles. The lowest BCUT2D eigenvalue weighted by atomic mass is 10.3. The van der Waals surface area contributed by atoms with E-state index in [1.807, 2.05) is 16.8 Å². The molecule has 0 amide bonds. The standard InChI is InChI=1S/C16H25Cl2N3OSi/c1-5-6-19-13-9-14(18)20-16-15(13)12(17)10-21(16)11-22-7-8-23(2,3)4/h9-10H,5-8,11H2,1-4H3,(H,19,20). The number of aromatic nitrogens is 2. The SMILES string of the molecule is CCCNc1cc(Cl)nc2c1c(Cl)cn2COCC[Si](C)(C)C. The molecule has 1 N–H and O–H groups in total. The van der Waals surface area contributed by atoms with Crippen LogP contribution in [0.4, 0.5) is 5.69 Å². The van der Waals surface area contributed by atoms with Gasteiger partial charge in [0.25, 0.3) is 0 Å². The van der Waals surface area contributed by atoms with E-state index in [2.05, 4.69) is 36.9 Å². The number of halogens is 2. The average Bonchev–Trinajstić information content (AvgIpc) is 2.76. The molecule has 7 heteroatoms. The number of pyridine rings is 1. The van der Waals surface area contributed by atoms with E-state index in [0.29, 0.717) is 16.9 Å². The van der Waals surface area contributed by atoms with Crippen LogP contribution in [0.25, 0.3) is 11.0 Å². The molecule has 2 rings (SSSR count). The van der Waals surface area contributed by atoms with Gasteiger partial charge in [0.15, 0.2) is 0 Å². The van der Waals surface area contributed by atoms with Crippen molar-refractivity contribution in [2.24, 2.45) is 0 Å². The fourth-order valence-corrected chi connectivity index (χ4v) is 3.50. The molecule has 0 fully saturated rings. The normalized spacial score (nSPS) is 12.1. The Kier molecular flexibility index (Phi) is 6.37. The Morgan fingerprint density at radius 1 is 1.30 bits per heavy atom. The molecule has 0 unspecified atom stereocenters. The van der Waals surface area contributed by atoms with Crippen molar-refractivity contribution in [3.8, 4) is 0 Å². The van der Waals surface area contributed by atoms with Gasteiger partial charge in [0.2, 0.25) is 0 Å². The molecule has 0 spiro atoms. The van der Waals surface area contributed by atoms with Crippen LogP contribution in [0.3, 0.4) is 0 Å². The van der Waals surface area contributed by atoms with Crippen molar-refractivity contribution in [1.29, 1.82) is 0 Å². The molecule has 0 atom stereocenters. The van der Waals surface area contributed by atoms with E-state index >= 15 is 0 Å². The topological polar surface area (TPSA) is 39.1 Å². The molecule has 0 aliphatic rings. The third-order valence-electron chi connectivity index (χ3n) is 3.54. The van der Waals surface area contributed by atoms with Crippen LogP contribution in [-0.4, -0.2) is 30.8 Å². The monoisotopic (exact) mass is 373 g/mol. The van der Waals surface area contributed by atoms with E-state index in [-0.39, 0.29) is 0 Å². The highest BCUT2D eigenvalue weighted by molar-refractivity contribution is 6.76. The van der Waals surface area contributed by atoms with Crippen LogP contribution in [0, 0.1) is 0 Å². The molecular formula is C16H25Cl2N3OSi. The molecule has 0 saturated heterocycles. The fourth-order valence-electron chi connectivity index (χ4n) is 2.25. The quantitative estimate of drug-likeness (QED) is 0.378. The summed E-state index contributed by atoms with van der Waals surface area (Å²) in [5.41, 5.74) is 1.68. The molecule has 4 nitrogen and oxygen atoms in total. The van der Waals surface area contributed by atoms with Crippen molar-refractivity contribution in [3.63, 3.8) is 0 Å². The predicted molar refractivity (Wildman–Crippen MR) is 103 cm³/mol. The van der Waals surface area contributed by atoms with E-state index in [4.69, 9.17) is 27.9 Å². The number of hydrogen-bond donors (Lipinski definition) is 1. The number of ether oxygens (including phenoxy) is 1. The van der Waals surface area contributed by atoms with E-state index < -0.39 is 8.07 Å². The molecular weight excluding hydrogens is 349 g/mol. The summed E-state index contributed by atoms with van der Waals surface area (Å²) < 4.78 is 7.74. The highest BCUT2D eigenvalue weighted by Crippen LogP contribution is 2.33. The van der Waals surface area contributed by atoms with E-state index in [0.717, 1.165) is 42.3 Å².